The van der Waals surface area contributed by atoms with Gasteiger partial charge in [0, 0.05) is 30.9 Å². The van der Waals surface area contributed by atoms with E-state index in [9.17, 15) is 14.9 Å². The van der Waals surface area contributed by atoms with E-state index in [1.54, 1.807) is 6.07 Å². The Kier molecular flexibility index (Phi) is 4.65. The molecule has 0 radical (unpaired) electrons. The van der Waals surface area contributed by atoms with Gasteiger partial charge in [0.25, 0.3) is 5.69 Å². The van der Waals surface area contributed by atoms with Crippen molar-refractivity contribution in [2.45, 2.75) is 20.3 Å². The second kappa shape index (κ2) is 6.00. The van der Waals surface area contributed by atoms with Gasteiger partial charge in [-0.1, -0.05) is 6.07 Å². The Hall–Kier alpha value is -2.11. The molecule has 1 aromatic rings. The molecule has 1 rings (SSSR count). The number of carboxylic acids is 1. The third-order valence-electron chi connectivity index (χ3n) is 2.72. The molecule has 0 aliphatic rings. The van der Waals surface area contributed by atoms with E-state index in [1.807, 2.05) is 18.7 Å². The topological polar surface area (TPSA) is 83.7 Å². The monoisotopic (exact) mass is 252 g/mol. The molecule has 0 aliphatic heterocycles. The van der Waals surface area contributed by atoms with E-state index in [0.29, 0.717) is 18.8 Å². The van der Waals surface area contributed by atoms with Gasteiger partial charge in [-0.3, -0.25) is 14.9 Å². The normalized spacial score (nSPS) is 10.1. The second-order valence-electron chi connectivity index (χ2n) is 3.95. The highest BCUT2D eigenvalue weighted by Crippen LogP contribution is 2.25. The molecule has 0 fully saturated rings. The first-order valence-electron chi connectivity index (χ1n) is 5.67. The minimum absolute atomic E-state index is 0.00989. The summed E-state index contributed by atoms with van der Waals surface area (Å²) in [5.41, 5.74) is 1.63. The number of aryl methyl sites for hydroxylation is 1. The van der Waals surface area contributed by atoms with Crippen LogP contribution in [0.2, 0.25) is 0 Å². The summed E-state index contributed by atoms with van der Waals surface area (Å²) in [6.45, 7) is 4.69. The zero-order chi connectivity index (χ0) is 13.7. The SMILES string of the molecule is CCN(CCC(=O)O)c1cc([N+](=O)[O-])ccc1C. The summed E-state index contributed by atoms with van der Waals surface area (Å²) in [7, 11) is 0. The zero-order valence-electron chi connectivity index (χ0n) is 10.4. The van der Waals surface area contributed by atoms with Gasteiger partial charge in [0.1, 0.15) is 0 Å². The molecule has 0 spiro atoms. The van der Waals surface area contributed by atoms with E-state index >= 15 is 0 Å². The summed E-state index contributed by atoms with van der Waals surface area (Å²) in [4.78, 5) is 22.7. The number of nitro groups is 1. The first kappa shape index (κ1) is 14.0. The van der Waals surface area contributed by atoms with Crippen LogP contribution in [0.25, 0.3) is 0 Å². The predicted molar refractivity (Wildman–Crippen MR) is 68.0 cm³/mol. The number of rotatable bonds is 6. The summed E-state index contributed by atoms with van der Waals surface area (Å²) in [6, 6.07) is 4.61. The summed E-state index contributed by atoms with van der Waals surface area (Å²) < 4.78 is 0. The number of aliphatic carboxylic acids is 1. The third-order valence-corrected chi connectivity index (χ3v) is 2.72. The third kappa shape index (κ3) is 3.44. The Morgan fingerprint density at radius 1 is 1.50 bits per heavy atom. The molecular weight excluding hydrogens is 236 g/mol. The summed E-state index contributed by atoms with van der Waals surface area (Å²) in [6.07, 6.45) is 0.00989. The lowest BCUT2D eigenvalue weighted by Crippen LogP contribution is -2.26. The van der Waals surface area contributed by atoms with Crippen LogP contribution in [-0.2, 0) is 4.79 Å². The molecule has 1 N–H and O–H groups in total. The molecule has 6 heteroatoms. The van der Waals surface area contributed by atoms with Gasteiger partial charge in [-0.25, -0.2) is 0 Å². The van der Waals surface area contributed by atoms with E-state index in [0.717, 1.165) is 5.56 Å². The second-order valence-corrected chi connectivity index (χ2v) is 3.95. The number of hydrogen-bond donors (Lipinski definition) is 1. The standard InChI is InChI=1S/C12H16N2O4/c1-3-13(7-6-12(15)16)11-8-10(14(17)18)5-4-9(11)2/h4-5,8H,3,6-7H2,1-2H3,(H,15,16). The molecule has 0 heterocycles. The van der Waals surface area contributed by atoms with Gasteiger partial charge in [0.15, 0.2) is 0 Å². The van der Waals surface area contributed by atoms with Crippen molar-refractivity contribution in [1.82, 2.24) is 0 Å². The number of anilines is 1. The maximum absolute atomic E-state index is 10.7. The Morgan fingerprint density at radius 2 is 2.17 bits per heavy atom. The van der Waals surface area contributed by atoms with Crippen LogP contribution in [-0.4, -0.2) is 29.1 Å². The van der Waals surface area contributed by atoms with Crippen molar-refractivity contribution in [3.63, 3.8) is 0 Å². The van der Waals surface area contributed by atoms with Gasteiger partial charge >= 0.3 is 5.97 Å². The summed E-state index contributed by atoms with van der Waals surface area (Å²) in [5.74, 6) is -0.878. The Balaban J connectivity index is 3.00. The number of nitro benzene ring substituents is 1. The van der Waals surface area contributed by atoms with E-state index in [4.69, 9.17) is 5.11 Å². The van der Waals surface area contributed by atoms with Gasteiger partial charge in [0.05, 0.1) is 11.3 Å². The van der Waals surface area contributed by atoms with E-state index in [1.165, 1.54) is 12.1 Å². The number of nitrogens with zero attached hydrogens (tertiary/aromatic N) is 2. The van der Waals surface area contributed by atoms with Crippen molar-refractivity contribution >= 4 is 17.3 Å². The molecule has 0 unspecified atom stereocenters. The molecular formula is C12H16N2O4. The van der Waals surface area contributed by atoms with Crippen molar-refractivity contribution in [2.24, 2.45) is 0 Å². The average Bonchev–Trinajstić information content (AvgIpc) is 2.31. The smallest absolute Gasteiger partial charge is 0.305 e. The number of hydrogen-bond acceptors (Lipinski definition) is 4. The highest BCUT2D eigenvalue weighted by Gasteiger charge is 2.14. The molecule has 6 nitrogen and oxygen atoms in total. The lowest BCUT2D eigenvalue weighted by molar-refractivity contribution is -0.384. The number of carbonyl (C=O) groups is 1. The van der Waals surface area contributed by atoms with Crippen LogP contribution in [0, 0.1) is 17.0 Å². The minimum Gasteiger partial charge on any atom is -0.481 e. The first-order chi connectivity index (χ1) is 8.45. The minimum atomic E-state index is -0.878. The molecule has 0 aromatic heterocycles. The van der Waals surface area contributed by atoms with Gasteiger partial charge < -0.3 is 10.0 Å². The van der Waals surface area contributed by atoms with Crippen molar-refractivity contribution in [2.75, 3.05) is 18.0 Å². The predicted octanol–water partition coefficient (Wildman–Crippen LogP) is 2.20. The van der Waals surface area contributed by atoms with E-state index < -0.39 is 10.9 Å². The molecule has 0 amide bonds. The number of non-ortho nitro benzene ring substituents is 1. The fraction of sp³-hybridized carbons (Fsp3) is 0.417. The highest BCUT2D eigenvalue weighted by atomic mass is 16.6. The molecule has 98 valence electrons. The van der Waals surface area contributed by atoms with Gasteiger partial charge in [-0.05, 0) is 19.4 Å². The van der Waals surface area contributed by atoms with Crippen LogP contribution in [0.3, 0.4) is 0 Å². The van der Waals surface area contributed by atoms with Crippen LogP contribution < -0.4 is 4.90 Å². The van der Waals surface area contributed by atoms with Crippen LogP contribution in [0.5, 0.6) is 0 Å². The summed E-state index contributed by atoms with van der Waals surface area (Å²) in [5, 5.41) is 19.4. The van der Waals surface area contributed by atoms with Crippen LogP contribution in [0.1, 0.15) is 18.9 Å². The number of carboxylic acid groups (broad SMARTS) is 1. The van der Waals surface area contributed by atoms with Gasteiger partial charge in [-0.15, -0.1) is 0 Å². The Labute approximate surface area is 105 Å². The van der Waals surface area contributed by atoms with Gasteiger partial charge in [-0.2, -0.15) is 0 Å². The van der Waals surface area contributed by atoms with E-state index in [2.05, 4.69) is 0 Å². The van der Waals surface area contributed by atoms with Crippen molar-refractivity contribution in [3.8, 4) is 0 Å². The molecule has 0 atom stereocenters. The van der Waals surface area contributed by atoms with Gasteiger partial charge in [0.2, 0.25) is 0 Å². The Morgan fingerprint density at radius 3 is 2.67 bits per heavy atom. The lowest BCUT2D eigenvalue weighted by atomic mass is 10.1. The van der Waals surface area contributed by atoms with Crippen LogP contribution in [0.4, 0.5) is 11.4 Å². The quantitative estimate of drug-likeness (QED) is 0.619. The fourth-order valence-corrected chi connectivity index (χ4v) is 1.73. The molecule has 0 saturated carbocycles. The first-order valence-corrected chi connectivity index (χ1v) is 5.67. The maximum atomic E-state index is 10.7. The Bertz CT molecular complexity index is 459. The fourth-order valence-electron chi connectivity index (χ4n) is 1.73. The summed E-state index contributed by atoms with van der Waals surface area (Å²) >= 11 is 0. The lowest BCUT2D eigenvalue weighted by Gasteiger charge is -2.23. The highest BCUT2D eigenvalue weighted by molar-refractivity contribution is 5.68. The maximum Gasteiger partial charge on any atom is 0.305 e. The zero-order valence-corrected chi connectivity index (χ0v) is 10.4. The number of benzene rings is 1. The molecule has 0 bridgehead atoms. The average molecular weight is 252 g/mol. The molecule has 18 heavy (non-hydrogen) atoms. The van der Waals surface area contributed by atoms with Crippen molar-refractivity contribution in [3.05, 3.63) is 33.9 Å². The van der Waals surface area contributed by atoms with Crippen molar-refractivity contribution < 1.29 is 14.8 Å². The molecule has 0 aliphatic carbocycles. The molecule has 1 aromatic carbocycles. The van der Waals surface area contributed by atoms with Crippen LogP contribution >= 0.6 is 0 Å². The molecule has 0 saturated heterocycles. The van der Waals surface area contributed by atoms with Crippen LogP contribution in [0.15, 0.2) is 18.2 Å². The van der Waals surface area contributed by atoms with Crippen molar-refractivity contribution in [1.29, 1.82) is 0 Å². The van der Waals surface area contributed by atoms with E-state index in [-0.39, 0.29) is 12.1 Å². The largest absolute Gasteiger partial charge is 0.481 e.